The number of likely N-dealkylation sites (N-methyl/N-ethyl adjacent to an activating group) is 1. The van der Waals surface area contributed by atoms with Gasteiger partial charge in [0, 0.05) is 29.8 Å². The Labute approximate surface area is 181 Å². The number of aromatic nitrogens is 2. The fraction of sp³-hybridized carbons (Fsp3) is 0.261. The van der Waals surface area contributed by atoms with Gasteiger partial charge in [-0.15, -0.1) is 0 Å². The molecule has 4 rings (SSSR count). The molecule has 1 aliphatic heterocycles. The van der Waals surface area contributed by atoms with Gasteiger partial charge in [-0.1, -0.05) is 6.07 Å². The van der Waals surface area contributed by atoms with Gasteiger partial charge in [-0.25, -0.2) is 4.79 Å². The Kier molecular flexibility index (Phi) is 5.30. The molecule has 0 unspecified atom stereocenters. The van der Waals surface area contributed by atoms with Crippen molar-refractivity contribution in [2.75, 3.05) is 6.54 Å². The highest BCUT2D eigenvalue weighted by molar-refractivity contribution is 7.80. The number of carboxylic acid groups (broad SMARTS) is 1. The minimum Gasteiger partial charge on any atom is -0.478 e. The van der Waals surface area contributed by atoms with Crippen molar-refractivity contribution >= 4 is 23.3 Å². The summed E-state index contributed by atoms with van der Waals surface area (Å²) in [5.41, 5.74) is 5.54. The summed E-state index contributed by atoms with van der Waals surface area (Å²) in [6.07, 6.45) is 1.80. The van der Waals surface area contributed by atoms with Crippen LogP contribution in [0.25, 0.3) is 5.69 Å². The smallest absolute Gasteiger partial charge is 0.335 e. The van der Waals surface area contributed by atoms with Crippen LogP contribution >= 0.6 is 12.2 Å². The van der Waals surface area contributed by atoms with Gasteiger partial charge in [0.2, 0.25) is 0 Å². The minimum absolute atomic E-state index is 0.0237. The number of nitrogens with one attached hydrogen (secondary N) is 1. The maximum absolute atomic E-state index is 11.2. The Morgan fingerprint density at radius 2 is 1.93 bits per heavy atom. The van der Waals surface area contributed by atoms with Gasteiger partial charge in [0.15, 0.2) is 5.11 Å². The van der Waals surface area contributed by atoms with Crippen molar-refractivity contribution in [1.82, 2.24) is 19.8 Å². The van der Waals surface area contributed by atoms with Crippen molar-refractivity contribution < 1.29 is 9.90 Å². The van der Waals surface area contributed by atoms with E-state index >= 15 is 0 Å². The lowest BCUT2D eigenvalue weighted by Gasteiger charge is -2.27. The molecular weight excluding hydrogens is 396 g/mol. The Balaban J connectivity index is 1.80. The van der Waals surface area contributed by atoms with Crippen LogP contribution in [0.15, 0.2) is 54.7 Å². The van der Waals surface area contributed by atoms with Gasteiger partial charge in [0.05, 0.1) is 23.3 Å². The maximum Gasteiger partial charge on any atom is 0.335 e. The van der Waals surface area contributed by atoms with E-state index in [1.54, 1.807) is 18.3 Å². The summed E-state index contributed by atoms with van der Waals surface area (Å²) < 4.78 is 2.16. The van der Waals surface area contributed by atoms with Crippen LogP contribution < -0.4 is 5.32 Å². The van der Waals surface area contributed by atoms with Gasteiger partial charge in [0.1, 0.15) is 0 Å². The van der Waals surface area contributed by atoms with Gasteiger partial charge < -0.3 is 19.9 Å². The van der Waals surface area contributed by atoms with Gasteiger partial charge >= 0.3 is 5.97 Å². The lowest BCUT2D eigenvalue weighted by Crippen LogP contribution is -2.29. The summed E-state index contributed by atoms with van der Waals surface area (Å²) >= 11 is 5.63. The molecule has 6 nitrogen and oxygen atoms in total. The standard InChI is InChI=1S/C23H24N4O2S/c1-4-26-21(20(25-23(26)30)19-7-5-6-12-24-19)18-13-14(2)27(15(18)3)17-10-8-16(9-11-17)22(28)29/h5-13,20-21H,4H2,1-3H3,(H,25,30)(H,28,29)/t20-,21+/m1/s1. The van der Waals surface area contributed by atoms with Crippen LogP contribution in [-0.2, 0) is 0 Å². The average molecular weight is 421 g/mol. The molecule has 1 aliphatic rings. The van der Waals surface area contributed by atoms with Crippen molar-refractivity contribution in [2.45, 2.75) is 32.9 Å². The lowest BCUT2D eigenvalue weighted by molar-refractivity contribution is 0.0697. The molecule has 1 aromatic carbocycles. The van der Waals surface area contributed by atoms with Gasteiger partial charge in [-0.2, -0.15) is 0 Å². The molecule has 0 aliphatic carbocycles. The zero-order valence-electron chi connectivity index (χ0n) is 17.2. The number of rotatable bonds is 5. The number of aromatic carboxylic acids is 1. The second kappa shape index (κ2) is 7.91. The molecule has 2 atom stereocenters. The van der Waals surface area contributed by atoms with E-state index < -0.39 is 5.97 Å². The van der Waals surface area contributed by atoms with Crippen LogP contribution in [0, 0.1) is 13.8 Å². The Morgan fingerprint density at radius 1 is 1.20 bits per heavy atom. The number of carbonyl (C=O) groups is 1. The first-order valence-corrected chi connectivity index (χ1v) is 10.3. The first kappa shape index (κ1) is 20.1. The first-order valence-electron chi connectivity index (χ1n) is 9.93. The number of hydrogen-bond donors (Lipinski definition) is 2. The summed E-state index contributed by atoms with van der Waals surface area (Å²) in [6.45, 7) is 7.05. The van der Waals surface area contributed by atoms with Crippen LogP contribution in [0.2, 0.25) is 0 Å². The second-order valence-electron chi connectivity index (χ2n) is 7.43. The average Bonchev–Trinajstić information content (AvgIpc) is 3.23. The minimum atomic E-state index is -0.925. The Morgan fingerprint density at radius 3 is 2.53 bits per heavy atom. The quantitative estimate of drug-likeness (QED) is 0.604. The molecule has 154 valence electrons. The van der Waals surface area contributed by atoms with Crippen LogP contribution in [0.5, 0.6) is 0 Å². The second-order valence-corrected chi connectivity index (χ2v) is 7.81. The number of thiocarbonyl (C=S) groups is 1. The molecule has 30 heavy (non-hydrogen) atoms. The first-order chi connectivity index (χ1) is 14.4. The zero-order chi connectivity index (χ0) is 21.4. The number of carboxylic acids is 1. The molecule has 0 spiro atoms. The molecule has 2 aromatic heterocycles. The molecule has 0 bridgehead atoms. The fourth-order valence-corrected chi connectivity index (χ4v) is 4.69. The predicted octanol–water partition coefficient (Wildman–Crippen LogP) is 4.18. The third kappa shape index (κ3) is 3.35. The van der Waals surface area contributed by atoms with E-state index in [9.17, 15) is 9.90 Å². The third-order valence-electron chi connectivity index (χ3n) is 5.70. The van der Waals surface area contributed by atoms with E-state index in [2.05, 4.69) is 46.6 Å². The molecule has 1 fully saturated rings. The molecule has 1 saturated heterocycles. The number of aryl methyl sites for hydroxylation is 1. The highest BCUT2D eigenvalue weighted by Gasteiger charge is 2.40. The highest BCUT2D eigenvalue weighted by atomic mass is 32.1. The van der Waals surface area contributed by atoms with Gasteiger partial charge in [-0.05, 0) is 81.0 Å². The number of benzene rings is 1. The number of nitrogens with zero attached hydrogens (tertiary/aromatic N) is 3. The largest absolute Gasteiger partial charge is 0.478 e. The van der Waals surface area contributed by atoms with Crippen molar-refractivity contribution in [1.29, 1.82) is 0 Å². The molecule has 0 saturated carbocycles. The van der Waals surface area contributed by atoms with E-state index in [4.69, 9.17) is 12.2 Å². The van der Waals surface area contributed by atoms with Crippen molar-refractivity contribution in [3.8, 4) is 5.69 Å². The summed E-state index contributed by atoms with van der Waals surface area (Å²) in [5.74, 6) is -0.925. The summed E-state index contributed by atoms with van der Waals surface area (Å²) in [7, 11) is 0. The third-order valence-corrected chi connectivity index (χ3v) is 6.05. The lowest BCUT2D eigenvalue weighted by atomic mass is 9.97. The van der Waals surface area contributed by atoms with Crippen molar-refractivity contribution in [2.24, 2.45) is 0 Å². The molecule has 2 N–H and O–H groups in total. The van der Waals surface area contributed by atoms with Gasteiger partial charge in [-0.3, -0.25) is 4.98 Å². The fourth-order valence-electron chi connectivity index (χ4n) is 4.32. The predicted molar refractivity (Wildman–Crippen MR) is 120 cm³/mol. The van der Waals surface area contributed by atoms with Crippen LogP contribution in [0.4, 0.5) is 0 Å². The van der Waals surface area contributed by atoms with Crippen LogP contribution in [0.1, 0.15) is 52.0 Å². The molecule has 0 radical (unpaired) electrons. The molecular formula is C23H24N4O2S. The SMILES string of the molecule is CCN1C(=S)N[C@H](c2ccccn2)[C@@H]1c1cc(C)n(-c2ccc(C(=O)O)cc2)c1C. The zero-order valence-corrected chi connectivity index (χ0v) is 18.0. The topological polar surface area (TPSA) is 70.4 Å². The van der Waals surface area contributed by atoms with Crippen molar-refractivity contribution in [3.05, 3.63) is 82.9 Å². The van der Waals surface area contributed by atoms with E-state index in [0.717, 1.165) is 34.4 Å². The molecule has 3 heterocycles. The normalized spacial score (nSPS) is 18.5. The highest BCUT2D eigenvalue weighted by Crippen LogP contribution is 2.41. The molecule has 0 amide bonds. The van der Waals surface area contributed by atoms with E-state index in [0.29, 0.717) is 0 Å². The number of pyridine rings is 1. The van der Waals surface area contributed by atoms with Gasteiger partial charge in [0.25, 0.3) is 0 Å². The summed E-state index contributed by atoms with van der Waals surface area (Å²) in [5, 5.41) is 13.4. The molecule has 7 heteroatoms. The number of hydrogen-bond acceptors (Lipinski definition) is 3. The maximum atomic E-state index is 11.2. The van der Waals surface area contributed by atoms with E-state index in [-0.39, 0.29) is 17.6 Å². The molecule has 3 aromatic rings. The summed E-state index contributed by atoms with van der Waals surface area (Å²) in [4.78, 5) is 18.0. The van der Waals surface area contributed by atoms with Crippen LogP contribution in [0.3, 0.4) is 0 Å². The Hall–Kier alpha value is -3.19. The summed E-state index contributed by atoms with van der Waals surface area (Å²) in [6, 6.07) is 15.1. The monoisotopic (exact) mass is 420 g/mol. The van der Waals surface area contributed by atoms with Crippen LogP contribution in [-0.4, -0.2) is 37.2 Å². The Bertz CT molecular complexity index is 1090. The van der Waals surface area contributed by atoms with E-state index in [1.165, 1.54) is 5.56 Å². The van der Waals surface area contributed by atoms with E-state index in [1.807, 2.05) is 30.3 Å². The van der Waals surface area contributed by atoms with Crippen molar-refractivity contribution in [3.63, 3.8) is 0 Å².